The molecular weight excluding hydrogens is 386 g/mol. The fourth-order valence-corrected chi connectivity index (χ4v) is 5.93. The van der Waals surface area contributed by atoms with Crippen LogP contribution in [0.25, 0.3) is 0 Å². The van der Waals surface area contributed by atoms with E-state index in [0.29, 0.717) is 19.1 Å². The van der Waals surface area contributed by atoms with E-state index in [1.165, 1.54) is 5.56 Å². The Hall–Kier alpha value is -1.93. The number of rotatable bonds is 6. The Morgan fingerprint density at radius 1 is 1.07 bits per heavy atom. The predicted octanol–water partition coefficient (Wildman–Crippen LogP) is 2.29. The number of sulfone groups is 1. The zero-order chi connectivity index (χ0) is 20.3. The predicted molar refractivity (Wildman–Crippen MR) is 115 cm³/mol. The van der Waals surface area contributed by atoms with E-state index in [4.69, 9.17) is 4.74 Å². The van der Waals surface area contributed by atoms with Crippen LogP contribution in [0, 0.1) is 0 Å². The minimum Gasteiger partial charge on any atom is -0.496 e. The zero-order valence-corrected chi connectivity index (χ0v) is 17.5. The summed E-state index contributed by atoms with van der Waals surface area (Å²) >= 11 is 0. The van der Waals surface area contributed by atoms with E-state index >= 15 is 0 Å². The minimum absolute atomic E-state index is 0.184. The quantitative estimate of drug-likeness (QED) is 0.672. The van der Waals surface area contributed by atoms with Gasteiger partial charge in [-0.3, -0.25) is 5.32 Å². The molecule has 0 spiro atoms. The van der Waals surface area contributed by atoms with Gasteiger partial charge in [0.05, 0.1) is 12.9 Å². The standard InChI is InChI=1S/C22H29N3O3S/c1-28-20-10-9-17(22-24-12-13-29(22,26)27)14-18(20)15-25-19-8-5-11-23-21(19)16-6-3-2-4-7-16/h2-4,6-7,9-10,14,19,21-25H,5,8,11-13,15H2,1H3/t19-,21-,22?/m0/s1. The number of hydrogen-bond acceptors (Lipinski definition) is 6. The number of benzene rings is 2. The highest BCUT2D eigenvalue weighted by Gasteiger charge is 2.32. The summed E-state index contributed by atoms with van der Waals surface area (Å²) in [5.74, 6) is 0.959. The van der Waals surface area contributed by atoms with E-state index in [-0.39, 0.29) is 11.8 Å². The monoisotopic (exact) mass is 415 g/mol. The number of piperidine rings is 1. The van der Waals surface area contributed by atoms with Crippen LogP contribution in [0.2, 0.25) is 0 Å². The zero-order valence-electron chi connectivity index (χ0n) is 16.7. The maximum absolute atomic E-state index is 12.3. The van der Waals surface area contributed by atoms with Crippen LogP contribution in [-0.4, -0.2) is 40.4 Å². The molecule has 0 bridgehead atoms. The van der Waals surface area contributed by atoms with Gasteiger partial charge in [-0.2, -0.15) is 0 Å². The summed E-state index contributed by atoms with van der Waals surface area (Å²) in [7, 11) is -1.49. The second kappa shape index (κ2) is 8.83. The molecule has 3 N–H and O–H groups in total. The summed E-state index contributed by atoms with van der Waals surface area (Å²) in [6.07, 6.45) is 2.22. The smallest absolute Gasteiger partial charge is 0.171 e. The fraction of sp³-hybridized carbons (Fsp3) is 0.455. The van der Waals surface area contributed by atoms with Crippen molar-refractivity contribution in [2.24, 2.45) is 0 Å². The second-order valence-electron chi connectivity index (χ2n) is 7.74. The highest BCUT2D eigenvalue weighted by atomic mass is 32.2. The molecule has 2 heterocycles. The van der Waals surface area contributed by atoms with Gasteiger partial charge in [0, 0.05) is 30.7 Å². The van der Waals surface area contributed by atoms with Gasteiger partial charge in [0.25, 0.3) is 0 Å². The normalized spacial score (nSPS) is 26.3. The lowest BCUT2D eigenvalue weighted by molar-refractivity contribution is 0.303. The molecule has 7 heteroatoms. The molecule has 0 saturated carbocycles. The van der Waals surface area contributed by atoms with E-state index in [2.05, 4.69) is 40.2 Å². The molecule has 0 radical (unpaired) electrons. The first kappa shape index (κ1) is 20.3. The van der Waals surface area contributed by atoms with Crippen molar-refractivity contribution in [3.05, 3.63) is 65.2 Å². The molecule has 2 aliphatic heterocycles. The Balaban J connectivity index is 1.53. The topological polar surface area (TPSA) is 79.5 Å². The highest BCUT2D eigenvalue weighted by Crippen LogP contribution is 2.30. The van der Waals surface area contributed by atoms with Crippen molar-refractivity contribution in [2.45, 2.75) is 36.8 Å². The molecular formula is C22H29N3O3S. The molecule has 1 unspecified atom stereocenters. The SMILES string of the molecule is COc1ccc(C2NCCS2(=O)=O)cc1CN[C@H]1CCCN[C@H]1c1ccccc1. The number of methoxy groups -OCH3 is 1. The van der Waals surface area contributed by atoms with E-state index in [1.807, 2.05) is 24.3 Å². The minimum atomic E-state index is -3.14. The maximum Gasteiger partial charge on any atom is 0.171 e. The molecule has 0 aliphatic carbocycles. The van der Waals surface area contributed by atoms with Crippen LogP contribution in [0.4, 0.5) is 0 Å². The average Bonchev–Trinajstić information content (AvgIpc) is 3.12. The third-order valence-electron chi connectivity index (χ3n) is 5.85. The first-order valence-corrected chi connectivity index (χ1v) is 11.9. The Kier molecular flexibility index (Phi) is 6.20. The van der Waals surface area contributed by atoms with Gasteiger partial charge < -0.3 is 15.4 Å². The van der Waals surface area contributed by atoms with Gasteiger partial charge in [0.2, 0.25) is 0 Å². The molecule has 156 valence electrons. The fourth-order valence-electron chi connectivity index (χ4n) is 4.36. The number of hydrogen-bond donors (Lipinski definition) is 3. The first-order chi connectivity index (χ1) is 14.1. The van der Waals surface area contributed by atoms with Crippen molar-refractivity contribution in [2.75, 3.05) is 26.0 Å². The van der Waals surface area contributed by atoms with Crippen molar-refractivity contribution in [1.29, 1.82) is 0 Å². The summed E-state index contributed by atoms with van der Waals surface area (Å²) in [6.45, 7) is 2.14. The molecule has 29 heavy (non-hydrogen) atoms. The van der Waals surface area contributed by atoms with Crippen LogP contribution in [-0.2, 0) is 16.4 Å². The summed E-state index contributed by atoms with van der Waals surface area (Å²) in [5, 5.41) is 9.80. The van der Waals surface area contributed by atoms with Gasteiger partial charge in [-0.05, 0) is 42.6 Å². The van der Waals surface area contributed by atoms with Gasteiger partial charge in [-0.25, -0.2) is 8.42 Å². The van der Waals surface area contributed by atoms with Gasteiger partial charge in [-0.15, -0.1) is 0 Å². The van der Waals surface area contributed by atoms with Crippen molar-refractivity contribution in [1.82, 2.24) is 16.0 Å². The Bertz CT molecular complexity index is 934. The summed E-state index contributed by atoms with van der Waals surface area (Å²) in [6, 6.07) is 16.7. The van der Waals surface area contributed by atoms with Gasteiger partial charge in [0.15, 0.2) is 9.84 Å². The van der Waals surface area contributed by atoms with Crippen LogP contribution in [0.1, 0.15) is 40.9 Å². The molecule has 2 aliphatic rings. The van der Waals surface area contributed by atoms with Crippen LogP contribution in [0.5, 0.6) is 5.75 Å². The molecule has 6 nitrogen and oxygen atoms in total. The summed E-state index contributed by atoms with van der Waals surface area (Å²) < 4.78 is 30.2. The lowest BCUT2D eigenvalue weighted by Gasteiger charge is -2.34. The molecule has 2 saturated heterocycles. The Labute approximate surface area is 173 Å². The molecule has 2 aromatic rings. The Morgan fingerprint density at radius 3 is 2.62 bits per heavy atom. The first-order valence-electron chi connectivity index (χ1n) is 10.2. The van der Waals surface area contributed by atoms with Crippen molar-refractivity contribution in [3.63, 3.8) is 0 Å². The van der Waals surface area contributed by atoms with Crippen LogP contribution in [0.3, 0.4) is 0 Å². The lowest BCUT2D eigenvalue weighted by atomic mass is 9.92. The maximum atomic E-state index is 12.3. The average molecular weight is 416 g/mol. The van der Waals surface area contributed by atoms with Crippen molar-refractivity contribution in [3.8, 4) is 5.75 Å². The van der Waals surface area contributed by atoms with Gasteiger partial charge in [0.1, 0.15) is 11.1 Å². The second-order valence-corrected chi connectivity index (χ2v) is 9.95. The van der Waals surface area contributed by atoms with E-state index in [1.54, 1.807) is 7.11 Å². The third-order valence-corrected chi connectivity index (χ3v) is 7.78. The van der Waals surface area contributed by atoms with Crippen LogP contribution < -0.4 is 20.7 Å². The molecule has 2 aromatic carbocycles. The summed E-state index contributed by atoms with van der Waals surface area (Å²) in [5.41, 5.74) is 3.04. The Morgan fingerprint density at radius 2 is 1.90 bits per heavy atom. The van der Waals surface area contributed by atoms with Crippen LogP contribution in [0.15, 0.2) is 48.5 Å². The van der Waals surface area contributed by atoms with Crippen molar-refractivity contribution >= 4 is 9.84 Å². The van der Waals surface area contributed by atoms with Gasteiger partial charge in [-0.1, -0.05) is 36.4 Å². The highest BCUT2D eigenvalue weighted by molar-refractivity contribution is 7.91. The van der Waals surface area contributed by atoms with E-state index < -0.39 is 15.2 Å². The molecule has 2 fully saturated rings. The van der Waals surface area contributed by atoms with Crippen LogP contribution >= 0.6 is 0 Å². The van der Waals surface area contributed by atoms with E-state index in [9.17, 15) is 8.42 Å². The summed E-state index contributed by atoms with van der Waals surface area (Å²) in [4.78, 5) is 0. The van der Waals surface area contributed by atoms with Crippen molar-refractivity contribution < 1.29 is 13.2 Å². The molecule has 4 rings (SSSR count). The third kappa shape index (κ3) is 4.48. The molecule has 0 amide bonds. The molecule has 3 atom stereocenters. The number of ether oxygens (including phenoxy) is 1. The largest absolute Gasteiger partial charge is 0.496 e. The molecule has 0 aromatic heterocycles. The van der Waals surface area contributed by atoms with Gasteiger partial charge >= 0.3 is 0 Å². The van der Waals surface area contributed by atoms with E-state index in [0.717, 1.165) is 36.3 Å². The lowest BCUT2D eigenvalue weighted by Crippen LogP contribution is -2.45. The number of nitrogens with one attached hydrogen (secondary N) is 3.